The van der Waals surface area contributed by atoms with Gasteiger partial charge in [-0.05, 0) is 43.4 Å². The molecule has 0 atom stereocenters. The number of carbonyl (C=O) groups excluding carboxylic acids is 1. The van der Waals surface area contributed by atoms with Gasteiger partial charge in [-0.15, -0.1) is 24.0 Å². The van der Waals surface area contributed by atoms with E-state index in [2.05, 4.69) is 32.7 Å². The van der Waals surface area contributed by atoms with Gasteiger partial charge in [-0.3, -0.25) is 14.7 Å². The van der Waals surface area contributed by atoms with Gasteiger partial charge < -0.3 is 16.4 Å². The number of nitrogens with zero attached hydrogens (tertiary/aromatic N) is 2. The summed E-state index contributed by atoms with van der Waals surface area (Å²) in [6, 6.07) is 8.53. The molecule has 27 heavy (non-hydrogen) atoms. The number of primary amides is 1. The van der Waals surface area contributed by atoms with Crippen LogP contribution in [0.1, 0.15) is 31.2 Å². The van der Waals surface area contributed by atoms with Crippen LogP contribution in [0.4, 0.5) is 0 Å². The highest BCUT2D eigenvalue weighted by Crippen LogP contribution is 2.48. The molecule has 1 aromatic rings. The number of amides is 1. The second-order valence-electron chi connectivity index (χ2n) is 7.38. The number of nitrogens with two attached hydrogens (primary N) is 1. The van der Waals surface area contributed by atoms with Gasteiger partial charge in [0.05, 0.1) is 6.54 Å². The Bertz CT molecular complexity index is 672. The molecular formula is C19H29ClIN5O. The Labute approximate surface area is 183 Å². The number of aliphatic imine (C=N–C) groups is 1. The second-order valence-corrected chi connectivity index (χ2v) is 7.81. The first-order chi connectivity index (χ1) is 12.5. The van der Waals surface area contributed by atoms with E-state index >= 15 is 0 Å². The summed E-state index contributed by atoms with van der Waals surface area (Å²) in [6.45, 7) is 2.96. The van der Waals surface area contributed by atoms with Crippen molar-refractivity contribution >= 4 is 47.4 Å². The van der Waals surface area contributed by atoms with Gasteiger partial charge in [0.25, 0.3) is 0 Å². The van der Waals surface area contributed by atoms with Gasteiger partial charge >= 0.3 is 0 Å². The average molecular weight is 506 g/mol. The van der Waals surface area contributed by atoms with Gasteiger partial charge in [0.1, 0.15) is 0 Å². The lowest BCUT2D eigenvalue weighted by Gasteiger charge is -2.32. The molecule has 2 aliphatic rings. The zero-order valence-corrected chi connectivity index (χ0v) is 18.8. The highest BCUT2D eigenvalue weighted by molar-refractivity contribution is 14.0. The van der Waals surface area contributed by atoms with Crippen molar-refractivity contribution in [3.63, 3.8) is 0 Å². The number of carbonyl (C=O) groups is 1. The first-order valence-corrected chi connectivity index (χ1v) is 9.62. The standard InChI is InChI=1S/C19H28ClN5O.HI/c1-22-18(24-16-5-9-25(10-6-16)12-17(21)26)23-13-19(7-8-19)14-3-2-4-15(20)11-14;/h2-4,11,16H,5-10,12-13H2,1H3,(H2,21,26)(H2,22,23,24);1H. The number of piperidine rings is 1. The molecule has 1 aliphatic carbocycles. The van der Waals surface area contributed by atoms with Gasteiger partial charge in [-0.25, -0.2) is 0 Å². The average Bonchev–Trinajstić information content (AvgIpc) is 3.41. The Hall–Kier alpha value is -1.06. The predicted octanol–water partition coefficient (Wildman–Crippen LogP) is 2.10. The molecule has 150 valence electrons. The van der Waals surface area contributed by atoms with E-state index in [0.717, 1.165) is 43.5 Å². The molecular weight excluding hydrogens is 477 g/mol. The quantitative estimate of drug-likeness (QED) is 0.314. The van der Waals surface area contributed by atoms with E-state index < -0.39 is 0 Å². The van der Waals surface area contributed by atoms with Crippen LogP contribution in [0.3, 0.4) is 0 Å². The van der Waals surface area contributed by atoms with Crippen molar-refractivity contribution in [3.8, 4) is 0 Å². The van der Waals surface area contributed by atoms with Crippen LogP contribution in [0.5, 0.6) is 0 Å². The Morgan fingerprint density at radius 3 is 2.63 bits per heavy atom. The molecule has 1 aliphatic heterocycles. The van der Waals surface area contributed by atoms with E-state index in [9.17, 15) is 4.79 Å². The van der Waals surface area contributed by atoms with Crippen LogP contribution in [0.15, 0.2) is 29.3 Å². The largest absolute Gasteiger partial charge is 0.369 e. The van der Waals surface area contributed by atoms with Gasteiger partial charge in [0.15, 0.2) is 5.96 Å². The Balaban J connectivity index is 0.00000261. The van der Waals surface area contributed by atoms with E-state index in [1.54, 1.807) is 7.05 Å². The molecule has 0 unspecified atom stereocenters. The maximum Gasteiger partial charge on any atom is 0.231 e. The minimum Gasteiger partial charge on any atom is -0.369 e. The number of guanidine groups is 1. The lowest BCUT2D eigenvalue weighted by atomic mass is 9.96. The van der Waals surface area contributed by atoms with Crippen LogP contribution >= 0.6 is 35.6 Å². The van der Waals surface area contributed by atoms with E-state index in [0.29, 0.717) is 12.6 Å². The van der Waals surface area contributed by atoms with Gasteiger partial charge in [-0.1, -0.05) is 23.7 Å². The Kier molecular flexibility index (Phi) is 8.18. The van der Waals surface area contributed by atoms with Crippen LogP contribution in [0.2, 0.25) is 5.02 Å². The van der Waals surface area contributed by atoms with Crippen molar-refractivity contribution in [2.75, 3.05) is 33.2 Å². The first-order valence-electron chi connectivity index (χ1n) is 9.25. The number of rotatable bonds is 6. The van der Waals surface area contributed by atoms with Crippen molar-refractivity contribution in [1.29, 1.82) is 0 Å². The van der Waals surface area contributed by atoms with Crippen molar-refractivity contribution in [3.05, 3.63) is 34.9 Å². The first kappa shape index (κ1) is 22.2. The highest BCUT2D eigenvalue weighted by atomic mass is 127. The summed E-state index contributed by atoms with van der Waals surface area (Å²) < 4.78 is 0. The van der Waals surface area contributed by atoms with Crippen LogP contribution in [-0.2, 0) is 10.2 Å². The number of nitrogens with one attached hydrogen (secondary N) is 2. The molecule has 3 rings (SSSR count). The number of hydrogen-bond acceptors (Lipinski definition) is 3. The second kappa shape index (κ2) is 9.93. The molecule has 0 aromatic heterocycles. The molecule has 6 nitrogen and oxygen atoms in total. The predicted molar refractivity (Wildman–Crippen MR) is 121 cm³/mol. The molecule has 1 saturated carbocycles. The van der Waals surface area contributed by atoms with Crippen LogP contribution in [0.25, 0.3) is 0 Å². The maximum absolute atomic E-state index is 11.0. The fraction of sp³-hybridized carbons (Fsp3) is 0.579. The molecule has 0 bridgehead atoms. The van der Waals surface area contributed by atoms with E-state index in [4.69, 9.17) is 17.3 Å². The van der Waals surface area contributed by atoms with Crippen molar-refractivity contribution in [1.82, 2.24) is 15.5 Å². The summed E-state index contributed by atoms with van der Waals surface area (Å²) in [5.74, 6) is 0.580. The minimum absolute atomic E-state index is 0. The topological polar surface area (TPSA) is 82.8 Å². The third-order valence-corrected chi connectivity index (χ3v) is 5.65. The molecule has 8 heteroatoms. The smallest absolute Gasteiger partial charge is 0.231 e. The third kappa shape index (κ3) is 6.22. The third-order valence-electron chi connectivity index (χ3n) is 5.42. The molecule has 1 heterocycles. The maximum atomic E-state index is 11.0. The summed E-state index contributed by atoms with van der Waals surface area (Å²) in [5.41, 5.74) is 6.74. The SMILES string of the molecule is CN=C(NCC1(c2cccc(Cl)c2)CC1)NC1CCN(CC(N)=O)CC1.I. The zero-order valence-electron chi connectivity index (χ0n) is 15.7. The zero-order chi connectivity index (χ0) is 18.6. The number of halogens is 2. The van der Waals surface area contributed by atoms with Crippen molar-refractivity contribution < 1.29 is 4.79 Å². The molecule has 1 amide bonds. The van der Waals surface area contributed by atoms with Gasteiger partial charge in [-0.2, -0.15) is 0 Å². The van der Waals surface area contributed by atoms with E-state index in [-0.39, 0.29) is 35.3 Å². The van der Waals surface area contributed by atoms with Crippen molar-refractivity contribution in [2.45, 2.75) is 37.1 Å². The summed E-state index contributed by atoms with van der Waals surface area (Å²) in [7, 11) is 1.80. The Morgan fingerprint density at radius 1 is 1.37 bits per heavy atom. The lowest BCUT2D eigenvalue weighted by molar-refractivity contribution is -0.119. The summed E-state index contributed by atoms with van der Waals surface area (Å²) in [4.78, 5) is 17.5. The molecule has 2 fully saturated rings. The number of benzene rings is 1. The summed E-state index contributed by atoms with van der Waals surface area (Å²) >= 11 is 6.15. The van der Waals surface area contributed by atoms with Gasteiger partial charge in [0, 0.05) is 43.2 Å². The molecule has 1 aromatic carbocycles. The number of hydrogen-bond donors (Lipinski definition) is 3. The molecule has 4 N–H and O–H groups in total. The molecule has 0 spiro atoms. The highest BCUT2D eigenvalue weighted by Gasteiger charge is 2.44. The Morgan fingerprint density at radius 2 is 2.07 bits per heavy atom. The fourth-order valence-corrected chi connectivity index (χ4v) is 3.82. The molecule has 0 radical (unpaired) electrons. The lowest BCUT2D eigenvalue weighted by Crippen LogP contribution is -2.50. The number of likely N-dealkylation sites (tertiary alicyclic amines) is 1. The van der Waals surface area contributed by atoms with Gasteiger partial charge in [0.2, 0.25) is 5.91 Å². The van der Waals surface area contributed by atoms with E-state index in [1.807, 2.05) is 12.1 Å². The summed E-state index contributed by atoms with van der Waals surface area (Å²) in [5, 5.41) is 7.79. The monoisotopic (exact) mass is 505 g/mol. The van der Waals surface area contributed by atoms with E-state index in [1.165, 1.54) is 18.4 Å². The summed E-state index contributed by atoms with van der Waals surface area (Å²) in [6.07, 6.45) is 4.30. The molecule has 1 saturated heterocycles. The van der Waals surface area contributed by atoms with Crippen LogP contribution < -0.4 is 16.4 Å². The minimum atomic E-state index is -0.260. The normalized spacial score (nSPS) is 19.9. The van der Waals surface area contributed by atoms with Crippen LogP contribution in [0, 0.1) is 0 Å². The fourth-order valence-electron chi connectivity index (χ4n) is 3.63. The van der Waals surface area contributed by atoms with Crippen LogP contribution in [-0.4, -0.2) is 56.0 Å². The van der Waals surface area contributed by atoms with Crippen molar-refractivity contribution in [2.24, 2.45) is 10.7 Å².